The summed E-state index contributed by atoms with van der Waals surface area (Å²) in [6.07, 6.45) is 1.07. The van der Waals surface area contributed by atoms with Crippen LogP contribution in [-0.4, -0.2) is 35.0 Å². The fourth-order valence-corrected chi connectivity index (χ4v) is 1.63. The first-order chi connectivity index (χ1) is 8.02. The van der Waals surface area contributed by atoms with Crippen molar-refractivity contribution in [1.82, 2.24) is 9.97 Å². The largest absolute Gasteiger partial charge is 0.478 e. The lowest BCUT2D eigenvalue weighted by molar-refractivity contribution is 0.325. The Bertz CT molecular complexity index is 358. The third-order valence-corrected chi connectivity index (χ3v) is 2.80. The minimum Gasteiger partial charge on any atom is -0.478 e. The molecule has 0 saturated carbocycles. The second-order valence-electron chi connectivity index (χ2n) is 4.04. The highest BCUT2D eigenvalue weighted by Crippen LogP contribution is 2.17. The first-order valence-electron chi connectivity index (χ1n) is 5.86. The first kappa shape index (κ1) is 14.2. The van der Waals surface area contributed by atoms with Gasteiger partial charge < -0.3 is 9.64 Å². The maximum absolute atomic E-state index is 5.42. The van der Waals surface area contributed by atoms with Gasteiger partial charge in [-0.2, -0.15) is 4.98 Å². The van der Waals surface area contributed by atoms with E-state index in [0.29, 0.717) is 17.3 Å². The van der Waals surface area contributed by atoms with Crippen LogP contribution in [0.15, 0.2) is 6.07 Å². The maximum Gasteiger partial charge on any atom is 0.218 e. The molecule has 0 radical (unpaired) electrons. The number of alkyl halides is 1. The van der Waals surface area contributed by atoms with Gasteiger partial charge in [-0.15, -0.1) is 0 Å². The summed E-state index contributed by atoms with van der Waals surface area (Å²) in [5, 5.41) is 0. The Balaban J connectivity index is 2.74. The molecule has 5 heteroatoms. The summed E-state index contributed by atoms with van der Waals surface area (Å²) < 4.78 is 5.42. The predicted octanol–water partition coefficient (Wildman–Crippen LogP) is 2.79. The topological polar surface area (TPSA) is 38.2 Å². The van der Waals surface area contributed by atoms with E-state index in [0.717, 1.165) is 24.6 Å². The number of aromatic nitrogens is 2. The van der Waals surface area contributed by atoms with Gasteiger partial charge >= 0.3 is 0 Å². The Morgan fingerprint density at radius 1 is 1.47 bits per heavy atom. The lowest BCUT2D eigenvalue weighted by Crippen LogP contribution is -2.22. The van der Waals surface area contributed by atoms with Gasteiger partial charge in [-0.25, -0.2) is 4.98 Å². The molecule has 1 unspecified atom stereocenters. The molecule has 0 aliphatic rings. The summed E-state index contributed by atoms with van der Waals surface area (Å²) >= 11 is 3.55. The van der Waals surface area contributed by atoms with Crippen molar-refractivity contribution in [2.24, 2.45) is 0 Å². The van der Waals surface area contributed by atoms with E-state index < -0.39 is 0 Å². The minimum absolute atomic E-state index is 0.513. The average molecular weight is 302 g/mol. The molecular weight excluding hydrogens is 282 g/mol. The molecule has 0 amide bonds. The van der Waals surface area contributed by atoms with Crippen molar-refractivity contribution >= 4 is 21.7 Å². The van der Waals surface area contributed by atoms with Crippen LogP contribution in [0.2, 0.25) is 0 Å². The summed E-state index contributed by atoms with van der Waals surface area (Å²) in [5.74, 6) is 2.30. The third-order valence-electron chi connectivity index (χ3n) is 2.35. The van der Waals surface area contributed by atoms with Gasteiger partial charge in [0.1, 0.15) is 11.6 Å². The van der Waals surface area contributed by atoms with Crippen molar-refractivity contribution in [3.05, 3.63) is 11.9 Å². The van der Waals surface area contributed by atoms with Gasteiger partial charge in [-0.05, 0) is 20.3 Å². The minimum atomic E-state index is 0.513. The number of hydrogen-bond acceptors (Lipinski definition) is 4. The molecule has 0 aliphatic heterocycles. The number of hydrogen-bond donors (Lipinski definition) is 0. The van der Waals surface area contributed by atoms with Crippen LogP contribution in [0.25, 0.3) is 0 Å². The van der Waals surface area contributed by atoms with Crippen molar-refractivity contribution < 1.29 is 4.74 Å². The van der Waals surface area contributed by atoms with E-state index in [1.54, 1.807) is 0 Å². The number of nitrogens with zero attached hydrogens (tertiary/aromatic N) is 3. The van der Waals surface area contributed by atoms with E-state index in [9.17, 15) is 0 Å². The molecule has 1 atom stereocenters. The van der Waals surface area contributed by atoms with Crippen molar-refractivity contribution in [2.45, 2.75) is 32.0 Å². The van der Waals surface area contributed by atoms with E-state index in [1.807, 2.05) is 27.0 Å². The molecule has 0 aliphatic carbocycles. The van der Waals surface area contributed by atoms with E-state index in [-0.39, 0.29) is 0 Å². The van der Waals surface area contributed by atoms with Gasteiger partial charge in [-0.1, -0.05) is 22.9 Å². The zero-order valence-corrected chi connectivity index (χ0v) is 12.5. The molecule has 1 heterocycles. The number of rotatable bonds is 6. The molecule has 0 fully saturated rings. The summed E-state index contributed by atoms with van der Waals surface area (Å²) in [5.41, 5.74) is 0. The summed E-state index contributed by atoms with van der Waals surface area (Å²) in [4.78, 5) is 11.3. The Morgan fingerprint density at radius 2 is 2.18 bits per heavy atom. The molecule has 1 aromatic heterocycles. The first-order valence-corrected chi connectivity index (χ1v) is 6.78. The zero-order chi connectivity index (χ0) is 12.8. The van der Waals surface area contributed by atoms with Crippen molar-refractivity contribution in [3.8, 4) is 5.88 Å². The summed E-state index contributed by atoms with van der Waals surface area (Å²) in [6.45, 7) is 7.55. The molecule has 1 rings (SSSR count). The summed E-state index contributed by atoms with van der Waals surface area (Å²) in [7, 11) is 2.03. The van der Waals surface area contributed by atoms with Crippen LogP contribution in [0.3, 0.4) is 0 Å². The monoisotopic (exact) mass is 301 g/mol. The highest BCUT2D eigenvalue weighted by molar-refractivity contribution is 9.09. The zero-order valence-electron chi connectivity index (χ0n) is 10.9. The molecule has 1 aromatic rings. The SMILES string of the molecule is CCOc1cc(N(C)CCC(C)Br)nc(C)n1. The second-order valence-corrected chi connectivity index (χ2v) is 5.60. The van der Waals surface area contributed by atoms with Crippen LogP contribution in [-0.2, 0) is 0 Å². The van der Waals surface area contributed by atoms with Crippen LogP contribution >= 0.6 is 15.9 Å². The molecule has 0 saturated heterocycles. The molecule has 96 valence electrons. The Morgan fingerprint density at radius 3 is 2.76 bits per heavy atom. The highest BCUT2D eigenvalue weighted by atomic mass is 79.9. The van der Waals surface area contributed by atoms with Gasteiger partial charge in [0.2, 0.25) is 5.88 Å². The van der Waals surface area contributed by atoms with Crippen molar-refractivity contribution in [1.29, 1.82) is 0 Å². The molecule has 0 bridgehead atoms. The number of halogens is 1. The molecule has 17 heavy (non-hydrogen) atoms. The molecule has 0 N–H and O–H groups in total. The maximum atomic E-state index is 5.42. The molecular formula is C12H20BrN3O. The molecule has 0 spiro atoms. The normalized spacial score (nSPS) is 12.3. The van der Waals surface area contributed by atoms with Gasteiger partial charge in [0.25, 0.3) is 0 Å². The van der Waals surface area contributed by atoms with Gasteiger partial charge in [0.15, 0.2) is 0 Å². The van der Waals surface area contributed by atoms with Crippen LogP contribution in [0, 0.1) is 6.92 Å². The van der Waals surface area contributed by atoms with Gasteiger partial charge in [0.05, 0.1) is 6.61 Å². The van der Waals surface area contributed by atoms with Gasteiger partial charge in [0, 0.05) is 24.5 Å². The second kappa shape index (κ2) is 6.79. The van der Waals surface area contributed by atoms with Gasteiger partial charge in [-0.3, -0.25) is 0 Å². The van der Waals surface area contributed by atoms with E-state index in [1.165, 1.54) is 0 Å². The standard InChI is InChI=1S/C12H20BrN3O/c1-5-17-12-8-11(14-10(3)15-12)16(4)7-6-9(2)13/h8-9H,5-7H2,1-4H3. The number of ether oxygens (including phenoxy) is 1. The van der Waals surface area contributed by atoms with E-state index in [2.05, 4.69) is 37.7 Å². The lowest BCUT2D eigenvalue weighted by atomic mass is 10.3. The predicted molar refractivity (Wildman–Crippen MR) is 74.2 cm³/mol. The highest BCUT2D eigenvalue weighted by Gasteiger charge is 2.08. The molecule has 4 nitrogen and oxygen atoms in total. The quantitative estimate of drug-likeness (QED) is 0.757. The molecule has 0 aromatic carbocycles. The van der Waals surface area contributed by atoms with Crippen LogP contribution in [0.5, 0.6) is 5.88 Å². The van der Waals surface area contributed by atoms with E-state index in [4.69, 9.17) is 4.74 Å². The van der Waals surface area contributed by atoms with Crippen LogP contribution in [0.1, 0.15) is 26.1 Å². The Hall–Kier alpha value is -0.840. The smallest absolute Gasteiger partial charge is 0.218 e. The Kier molecular flexibility index (Phi) is 5.68. The van der Waals surface area contributed by atoms with E-state index >= 15 is 0 Å². The average Bonchev–Trinajstić information content (AvgIpc) is 2.25. The third kappa shape index (κ3) is 4.89. The van der Waals surface area contributed by atoms with Crippen molar-refractivity contribution in [3.63, 3.8) is 0 Å². The van der Waals surface area contributed by atoms with Crippen molar-refractivity contribution in [2.75, 3.05) is 25.1 Å². The Labute approximate surface area is 112 Å². The lowest BCUT2D eigenvalue weighted by Gasteiger charge is -2.19. The van der Waals surface area contributed by atoms with Crippen LogP contribution in [0.4, 0.5) is 5.82 Å². The number of anilines is 1. The fourth-order valence-electron chi connectivity index (χ4n) is 1.43. The van der Waals surface area contributed by atoms with Crippen LogP contribution < -0.4 is 9.64 Å². The summed E-state index contributed by atoms with van der Waals surface area (Å²) in [6, 6.07) is 1.88. The number of aryl methyl sites for hydroxylation is 1. The fraction of sp³-hybridized carbons (Fsp3) is 0.667.